The summed E-state index contributed by atoms with van der Waals surface area (Å²) in [7, 11) is 4.86. The van der Waals surface area contributed by atoms with E-state index >= 15 is 0 Å². The lowest BCUT2D eigenvalue weighted by atomic mass is 9.98. The van der Waals surface area contributed by atoms with Gasteiger partial charge in [0.05, 0.1) is 23.5 Å². The maximum absolute atomic E-state index is 13.0. The van der Waals surface area contributed by atoms with Crippen LogP contribution in [0.25, 0.3) is 22.4 Å². The minimum Gasteiger partial charge on any atom is -0.505 e. The van der Waals surface area contributed by atoms with E-state index in [9.17, 15) is 14.7 Å². The highest BCUT2D eigenvalue weighted by atomic mass is 35.5. The molecule has 9 heteroatoms. The third kappa shape index (κ3) is 4.51. The summed E-state index contributed by atoms with van der Waals surface area (Å²) in [4.78, 5) is 33.3. The van der Waals surface area contributed by atoms with E-state index in [2.05, 4.69) is 24.9 Å². The number of pyridine rings is 1. The molecule has 1 atom stereocenters. The first-order valence-corrected chi connectivity index (χ1v) is 12.9. The first-order valence-electron chi connectivity index (χ1n) is 12.5. The monoisotopic (exact) mass is 544 g/mol. The molecule has 2 aliphatic rings. The quantitative estimate of drug-likeness (QED) is 0.324. The number of phenols is 1. The largest absolute Gasteiger partial charge is 0.505 e. The number of phenolic OH excluding ortho intramolecular Hbond substituents is 1. The zero-order chi connectivity index (χ0) is 28.0. The topological polar surface area (TPSA) is 95.0 Å². The number of carbonyl (C=O) groups excluding carboxylic acids is 2. The van der Waals surface area contributed by atoms with Crippen LogP contribution in [-0.4, -0.2) is 52.9 Å². The first kappa shape index (κ1) is 26.3. The summed E-state index contributed by atoms with van der Waals surface area (Å²) >= 11 is 6.92. The lowest BCUT2D eigenvalue weighted by Gasteiger charge is -2.31. The molecule has 0 saturated carbocycles. The van der Waals surface area contributed by atoms with Crippen LogP contribution in [0.15, 0.2) is 66.6 Å². The maximum Gasteiger partial charge on any atom is 0.266 e. The molecule has 1 unspecified atom stereocenters. The molecule has 1 aromatic heterocycles. The number of fused-ring (bicyclic) bond motifs is 1. The van der Waals surface area contributed by atoms with Gasteiger partial charge in [-0.05, 0) is 36.5 Å². The highest BCUT2D eigenvalue weighted by Crippen LogP contribution is 2.44. The number of halogens is 1. The molecule has 0 radical (unpaired) electrons. The van der Waals surface area contributed by atoms with Crippen LogP contribution in [0.5, 0.6) is 11.6 Å². The van der Waals surface area contributed by atoms with E-state index in [1.54, 1.807) is 50.4 Å². The Morgan fingerprint density at radius 2 is 1.87 bits per heavy atom. The van der Waals surface area contributed by atoms with Gasteiger partial charge in [0.25, 0.3) is 11.8 Å². The highest BCUT2D eigenvalue weighted by Gasteiger charge is 2.30. The number of anilines is 1. The number of benzene rings is 2. The van der Waals surface area contributed by atoms with Crippen LogP contribution in [0, 0.1) is 0 Å². The van der Waals surface area contributed by atoms with Crippen molar-refractivity contribution in [2.75, 3.05) is 26.5 Å². The average Bonchev–Trinajstić information content (AvgIpc) is 3.31. The molecule has 2 aromatic carbocycles. The first-order chi connectivity index (χ1) is 18.6. The fourth-order valence-corrected chi connectivity index (χ4v) is 5.45. The fourth-order valence-electron chi connectivity index (χ4n) is 5.13. The van der Waals surface area contributed by atoms with Crippen molar-refractivity contribution in [3.05, 3.63) is 82.8 Å². The van der Waals surface area contributed by atoms with Gasteiger partial charge in [0.15, 0.2) is 0 Å². The molecule has 2 N–H and O–H groups in total. The third-order valence-corrected chi connectivity index (χ3v) is 7.80. The van der Waals surface area contributed by atoms with Crippen molar-refractivity contribution in [2.45, 2.75) is 25.7 Å². The number of rotatable bonds is 5. The van der Waals surface area contributed by atoms with E-state index in [0.29, 0.717) is 45.0 Å². The molecule has 5 rings (SSSR count). The number of amides is 2. The van der Waals surface area contributed by atoms with Crippen LogP contribution in [0.4, 0.5) is 5.69 Å². The van der Waals surface area contributed by atoms with Crippen LogP contribution in [-0.2, 0) is 16.0 Å². The van der Waals surface area contributed by atoms with Crippen LogP contribution in [0.3, 0.4) is 0 Å². The van der Waals surface area contributed by atoms with E-state index < -0.39 is 11.8 Å². The Kier molecular flexibility index (Phi) is 6.82. The summed E-state index contributed by atoms with van der Waals surface area (Å²) in [6.45, 7) is 5.99. The molecular weight excluding hydrogens is 516 g/mol. The Bertz CT molecular complexity index is 1560. The molecule has 8 nitrogen and oxygen atoms in total. The lowest BCUT2D eigenvalue weighted by molar-refractivity contribution is -0.128. The van der Waals surface area contributed by atoms with Gasteiger partial charge in [0.1, 0.15) is 17.1 Å². The minimum absolute atomic E-state index is 0.0804. The molecule has 200 valence electrons. The van der Waals surface area contributed by atoms with Gasteiger partial charge in [0, 0.05) is 42.5 Å². The number of methoxy groups -OCH3 is 1. The molecule has 3 aromatic rings. The number of hydrogen-bond acceptors (Lipinski definition) is 6. The summed E-state index contributed by atoms with van der Waals surface area (Å²) in [5.74, 6) is 0.116. The number of carbonyl (C=O) groups is 2. The van der Waals surface area contributed by atoms with Gasteiger partial charge in [-0.2, -0.15) is 0 Å². The summed E-state index contributed by atoms with van der Waals surface area (Å²) in [6, 6.07) is 12.5. The van der Waals surface area contributed by atoms with E-state index in [1.165, 1.54) is 16.7 Å². The molecule has 0 fully saturated rings. The van der Waals surface area contributed by atoms with Crippen molar-refractivity contribution >= 4 is 29.1 Å². The zero-order valence-corrected chi connectivity index (χ0v) is 23.0. The van der Waals surface area contributed by atoms with Crippen molar-refractivity contribution < 1.29 is 19.4 Å². The molecule has 1 aliphatic carbocycles. The number of nitrogens with one attached hydrogen (secondary N) is 1. The number of aromatic nitrogens is 1. The Labute approximate surface area is 232 Å². The normalized spacial score (nSPS) is 16.7. The second-order valence-corrected chi connectivity index (χ2v) is 10.2. The van der Waals surface area contributed by atoms with Crippen molar-refractivity contribution in [1.29, 1.82) is 0 Å². The van der Waals surface area contributed by atoms with Crippen LogP contribution < -0.4 is 10.1 Å². The summed E-state index contributed by atoms with van der Waals surface area (Å²) in [6.07, 6.45) is 3.40. The molecule has 0 spiro atoms. The zero-order valence-electron chi connectivity index (χ0n) is 22.2. The molecule has 2 amide bonds. The Balaban J connectivity index is 1.50. The highest BCUT2D eigenvalue weighted by molar-refractivity contribution is 6.36. The number of ether oxygens (including phenoxy) is 1. The summed E-state index contributed by atoms with van der Waals surface area (Å²) < 4.78 is 5.62. The van der Waals surface area contributed by atoms with Gasteiger partial charge in [-0.25, -0.2) is 4.98 Å². The summed E-state index contributed by atoms with van der Waals surface area (Å²) in [5.41, 5.74) is 4.79. The number of likely N-dealkylation sites (N-methyl/N-ethyl adjacent to an activating group) is 1. The number of para-hydroxylation sites is 1. The number of aromatic hydroxyl groups is 1. The van der Waals surface area contributed by atoms with Crippen molar-refractivity contribution in [2.24, 2.45) is 0 Å². The standard InChI is InChI=1S/C30H29ClN4O4/c1-16-12-13-18-14-24(33-29(39-5)25(16)18)21-10-6-8-19(26(21)31)20-9-7-11-23(27(20)36)32-28(37)22-15-34(3)17(2)35(4)30(22)38/h6-11,14-16,36H,2,12-13H2,1,3-5H3,(H,32,37). The van der Waals surface area contributed by atoms with Gasteiger partial charge >= 0.3 is 0 Å². The Morgan fingerprint density at radius 3 is 2.62 bits per heavy atom. The molecule has 0 bridgehead atoms. The van der Waals surface area contributed by atoms with E-state index in [0.717, 1.165) is 18.4 Å². The van der Waals surface area contributed by atoms with Crippen molar-refractivity contribution in [3.63, 3.8) is 0 Å². The van der Waals surface area contributed by atoms with Gasteiger partial charge < -0.3 is 20.1 Å². The third-order valence-electron chi connectivity index (χ3n) is 7.39. The molecule has 2 heterocycles. The predicted octanol–water partition coefficient (Wildman–Crippen LogP) is 5.53. The van der Waals surface area contributed by atoms with Gasteiger partial charge in [-0.15, -0.1) is 0 Å². The maximum atomic E-state index is 13.0. The van der Waals surface area contributed by atoms with Crippen molar-refractivity contribution in [1.82, 2.24) is 14.8 Å². The second kappa shape index (κ2) is 10.1. The number of hydrogen-bond donors (Lipinski definition) is 2. The molecular formula is C30H29ClN4O4. The average molecular weight is 545 g/mol. The minimum atomic E-state index is -0.651. The van der Waals surface area contributed by atoms with Gasteiger partial charge in [0.2, 0.25) is 5.88 Å². The van der Waals surface area contributed by atoms with Crippen LogP contribution in [0.1, 0.15) is 30.4 Å². The SMILES string of the molecule is C=C1N(C)C=C(C(=O)Nc2cccc(-c3cccc(-c4cc5c(c(OC)n4)C(C)CC5)c3Cl)c2O)C(=O)N1C. The van der Waals surface area contributed by atoms with Gasteiger partial charge in [-0.1, -0.05) is 55.4 Å². The number of nitrogens with zero attached hydrogens (tertiary/aromatic N) is 3. The van der Waals surface area contributed by atoms with E-state index in [-0.39, 0.29) is 17.0 Å². The van der Waals surface area contributed by atoms with E-state index in [4.69, 9.17) is 21.3 Å². The van der Waals surface area contributed by atoms with Gasteiger partial charge in [-0.3, -0.25) is 14.5 Å². The van der Waals surface area contributed by atoms with Crippen molar-refractivity contribution in [3.8, 4) is 34.0 Å². The smallest absolute Gasteiger partial charge is 0.266 e. The molecule has 39 heavy (non-hydrogen) atoms. The molecule has 0 saturated heterocycles. The van der Waals surface area contributed by atoms with Crippen LogP contribution in [0.2, 0.25) is 5.02 Å². The Hall–Kier alpha value is -4.30. The van der Waals surface area contributed by atoms with E-state index in [1.807, 2.05) is 12.1 Å². The predicted molar refractivity (Wildman–Crippen MR) is 151 cm³/mol. The lowest BCUT2D eigenvalue weighted by Crippen LogP contribution is -2.41. The fraction of sp³-hybridized carbons (Fsp3) is 0.233. The second-order valence-electron chi connectivity index (χ2n) is 9.79. The summed E-state index contributed by atoms with van der Waals surface area (Å²) in [5, 5.41) is 14.2. The van der Waals surface area contributed by atoms with Crippen LogP contribution >= 0.6 is 11.6 Å². The molecule has 1 aliphatic heterocycles. The number of aryl methyl sites for hydroxylation is 1. The Morgan fingerprint density at radius 1 is 1.18 bits per heavy atom.